The number of carbonyl (C=O) groups excluding carboxylic acids is 2. The predicted octanol–water partition coefficient (Wildman–Crippen LogP) is 3.78. The molecule has 1 aromatic carbocycles. The lowest BCUT2D eigenvalue weighted by Crippen LogP contribution is -2.49. The molecule has 6 heteroatoms. The average Bonchev–Trinajstić information content (AvgIpc) is 3.28. The number of piperidine rings is 1. The maximum absolute atomic E-state index is 13.2. The molecule has 1 unspecified atom stereocenters. The number of thiophene rings is 1. The molecule has 0 radical (unpaired) electrons. The monoisotopic (exact) mass is 463 g/mol. The van der Waals surface area contributed by atoms with Crippen LogP contribution in [0.5, 0.6) is 0 Å². The van der Waals surface area contributed by atoms with E-state index < -0.39 is 0 Å². The van der Waals surface area contributed by atoms with Gasteiger partial charge in [0.05, 0.1) is 6.42 Å². The van der Waals surface area contributed by atoms with E-state index in [9.17, 15) is 9.59 Å². The van der Waals surface area contributed by atoms with Crippen molar-refractivity contribution in [2.45, 2.75) is 25.7 Å². The van der Waals surface area contributed by atoms with Crippen LogP contribution in [0.3, 0.4) is 0 Å². The van der Waals surface area contributed by atoms with E-state index in [1.165, 1.54) is 5.56 Å². The lowest BCUT2D eigenvalue weighted by atomic mass is 9.90. The highest BCUT2D eigenvalue weighted by molar-refractivity contribution is 7.08. The summed E-state index contributed by atoms with van der Waals surface area (Å²) in [4.78, 5) is 32.3. The molecule has 0 N–H and O–H groups in total. The topological polar surface area (TPSA) is 43.9 Å². The molecule has 2 saturated heterocycles. The second kappa shape index (κ2) is 9.82. The van der Waals surface area contributed by atoms with Crippen molar-refractivity contribution in [2.75, 3.05) is 45.8 Å². The lowest BCUT2D eigenvalue weighted by molar-refractivity contribution is -0.135. The van der Waals surface area contributed by atoms with Crippen molar-refractivity contribution in [3.8, 4) is 0 Å². The van der Waals surface area contributed by atoms with Crippen molar-refractivity contribution < 1.29 is 9.59 Å². The number of likely N-dealkylation sites (tertiary alicyclic amines) is 1. The predicted molar refractivity (Wildman–Crippen MR) is 133 cm³/mol. The smallest absolute Gasteiger partial charge is 0.227 e. The fourth-order valence-electron chi connectivity index (χ4n) is 5.40. The second-order valence-electron chi connectivity index (χ2n) is 9.75. The van der Waals surface area contributed by atoms with Crippen molar-refractivity contribution in [1.82, 2.24) is 14.7 Å². The maximum Gasteiger partial charge on any atom is 0.227 e. The minimum Gasteiger partial charge on any atom is -0.342 e. The summed E-state index contributed by atoms with van der Waals surface area (Å²) < 4.78 is 0. The van der Waals surface area contributed by atoms with Crippen LogP contribution in [0.25, 0.3) is 6.08 Å². The summed E-state index contributed by atoms with van der Waals surface area (Å²) >= 11 is 1.64. The van der Waals surface area contributed by atoms with Gasteiger partial charge in [0.15, 0.2) is 0 Å². The van der Waals surface area contributed by atoms with Crippen LogP contribution >= 0.6 is 11.3 Å². The van der Waals surface area contributed by atoms with E-state index >= 15 is 0 Å². The third-order valence-corrected chi connectivity index (χ3v) is 8.42. The largest absolute Gasteiger partial charge is 0.342 e. The Morgan fingerprint density at radius 1 is 0.970 bits per heavy atom. The van der Waals surface area contributed by atoms with E-state index in [-0.39, 0.29) is 17.2 Å². The fraction of sp³-hybridized carbons (Fsp3) is 0.481. The molecule has 1 saturated carbocycles. The molecule has 0 bridgehead atoms. The van der Waals surface area contributed by atoms with Crippen molar-refractivity contribution >= 4 is 29.2 Å². The summed E-state index contributed by atoms with van der Waals surface area (Å²) in [6, 6.07) is 12.4. The SMILES string of the molecule is O=C(Cc1ccsc1)N1CCC2(CC1)CC2C(=O)N1CCN(C/C=C/c2ccccc2)CC1. The summed E-state index contributed by atoms with van der Waals surface area (Å²) in [6.07, 6.45) is 7.85. The summed E-state index contributed by atoms with van der Waals surface area (Å²) in [5, 5.41) is 4.08. The zero-order valence-electron chi connectivity index (χ0n) is 19.2. The van der Waals surface area contributed by atoms with E-state index in [1.807, 2.05) is 22.4 Å². The van der Waals surface area contributed by atoms with Gasteiger partial charge in [-0.05, 0) is 52.6 Å². The number of hydrogen-bond donors (Lipinski definition) is 0. The Hall–Kier alpha value is -2.44. The minimum absolute atomic E-state index is 0.159. The van der Waals surface area contributed by atoms with E-state index in [2.05, 4.69) is 51.6 Å². The van der Waals surface area contributed by atoms with Gasteiger partial charge in [0.1, 0.15) is 0 Å². The first-order valence-electron chi connectivity index (χ1n) is 12.1. The molecule has 1 atom stereocenters. The van der Waals surface area contributed by atoms with Crippen LogP contribution in [0.1, 0.15) is 30.4 Å². The van der Waals surface area contributed by atoms with Crippen LogP contribution in [0, 0.1) is 11.3 Å². The Morgan fingerprint density at radius 2 is 1.73 bits per heavy atom. The van der Waals surface area contributed by atoms with Crippen LogP contribution in [0.4, 0.5) is 0 Å². The Bertz CT molecular complexity index is 972. The van der Waals surface area contributed by atoms with Gasteiger partial charge in [-0.15, -0.1) is 0 Å². The van der Waals surface area contributed by atoms with Crippen LogP contribution in [0.15, 0.2) is 53.2 Å². The molecule has 2 aliphatic heterocycles. The third kappa shape index (κ3) is 5.22. The summed E-state index contributed by atoms with van der Waals surface area (Å²) in [5.74, 6) is 0.757. The summed E-state index contributed by atoms with van der Waals surface area (Å²) in [5.41, 5.74) is 2.50. The Balaban J connectivity index is 1.04. The van der Waals surface area contributed by atoms with E-state index in [1.54, 1.807) is 11.3 Å². The van der Waals surface area contributed by atoms with Gasteiger partial charge in [-0.25, -0.2) is 0 Å². The quantitative estimate of drug-likeness (QED) is 0.655. The molecule has 33 heavy (non-hydrogen) atoms. The molecular formula is C27H33N3O2S. The summed E-state index contributed by atoms with van der Waals surface area (Å²) in [6.45, 7) is 6.07. The first-order valence-corrected chi connectivity index (χ1v) is 13.1. The summed E-state index contributed by atoms with van der Waals surface area (Å²) in [7, 11) is 0. The minimum atomic E-state index is 0.159. The Labute approximate surface area is 200 Å². The van der Waals surface area contributed by atoms with Gasteiger partial charge in [-0.1, -0.05) is 42.5 Å². The zero-order valence-corrected chi connectivity index (χ0v) is 20.0. The number of piperazine rings is 1. The highest BCUT2D eigenvalue weighted by Gasteiger charge is 2.59. The van der Waals surface area contributed by atoms with Gasteiger partial charge in [-0.3, -0.25) is 14.5 Å². The standard InChI is InChI=1S/C27H33N3O2S/c31-25(19-23-8-18-33-21-23)29-12-9-27(10-13-29)20-24(27)26(32)30-16-14-28(15-17-30)11-4-7-22-5-2-1-3-6-22/h1-8,18,21,24H,9-17,19-20H2/b7-4+. The average molecular weight is 464 g/mol. The number of nitrogens with zero attached hydrogens (tertiary/aromatic N) is 3. The second-order valence-corrected chi connectivity index (χ2v) is 10.5. The van der Waals surface area contributed by atoms with Gasteiger partial charge >= 0.3 is 0 Å². The van der Waals surface area contributed by atoms with Crippen LogP contribution in [-0.4, -0.2) is 72.3 Å². The number of carbonyl (C=O) groups is 2. The highest BCUT2D eigenvalue weighted by Crippen LogP contribution is 2.60. The van der Waals surface area contributed by atoms with Gasteiger partial charge < -0.3 is 9.80 Å². The normalized spacial score (nSPS) is 22.7. The van der Waals surface area contributed by atoms with E-state index in [0.29, 0.717) is 12.3 Å². The van der Waals surface area contributed by atoms with Crippen LogP contribution < -0.4 is 0 Å². The number of hydrogen-bond acceptors (Lipinski definition) is 4. The lowest BCUT2D eigenvalue weighted by Gasteiger charge is -2.36. The van der Waals surface area contributed by atoms with Crippen molar-refractivity contribution in [3.63, 3.8) is 0 Å². The molecule has 1 aliphatic carbocycles. The van der Waals surface area contributed by atoms with Gasteiger partial charge in [0, 0.05) is 51.7 Å². The Morgan fingerprint density at radius 3 is 2.42 bits per heavy atom. The van der Waals surface area contributed by atoms with Gasteiger partial charge in [0.25, 0.3) is 0 Å². The first kappa shape index (κ1) is 22.4. The van der Waals surface area contributed by atoms with Crippen LogP contribution in [0.2, 0.25) is 0 Å². The van der Waals surface area contributed by atoms with Gasteiger partial charge in [0.2, 0.25) is 11.8 Å². The third-order valence-electron chi connectivity index (χ3n) is 7.69. The molecule has 1 aromatic heterocycles. The number of rotatable bonds is 6. The molecule has 5 rings (SSSR count). The first-order chi connectivity index (χ1) is 16.1. The van der Waals surface area contributed by atoms with E-state index in [4.69, 9.17) is 0 Å². The number of amides is 2. The van der Waals surface area contributed by atoms with Gasteiger partial charge in [-0.2, -0.15) is 11.3 Å². The van der Waals surface area contributed by atoms with Crippen molar-refractivity contribution in [3.05, 3.63) is 64.4 Å². The molecule has 1 spiro atoms. The van der Waals surface area contributed by atoms with Crippen LogP contribution in [-0.2, 0) is 16.0 Å². The molecule has 3 aliphatic rings. The molecule has 2 aromatic rings. The molecule has 3 fully saturated rings. The van der Waals surface area contributed by atoms with Crippen molar-refractivity contribution in [1.29, 1.82) is 0 Å². The molecule has 3 heterocycles. The molecule has 2 amide bonds. The Kier molecular flexibility index (Phi) is 6.65. The highest BCUT2D eigenvalue weighted by atomic mass is 32.1. The van der Waals surface area contributed by atoms with Crippen molar-refractivity contribution in [2.24, 2.45) is 11.3 Å². The van der Waals surface area contributed by atoms with E-state index in [0.717, 1.165) is 70.6 Å². The molecular weight excluding hydrogens is 430 g/mol. The maximum atomic E-state index is 13.2. The molecule has 174 valence electrons. The zero-order chi connectivity index (χ0) is 22.7. The number of benzene rings is 1. The fourth-order valence-corrected chi connectivity index (χ4v) is 6.07. The molecule has 5 nitrogen and oxygen atoms in total.